The molecule has 0 aliphatic heterocycles. The van der Waals surface area contributed by atoms with Crippen molar-refractivity contribution in [2.24, 2.45) is 0 Å². The van der Waals surface area contributed by atoms with Gasteiger partial charge in [0.2, 0.25) is 0 Å². The van der Waals surface area contributed by atoms with Crippen molar-refractivity contribution in [3.63, 3.8) is 0 Å². The van der Waals surface area contributed by atoms with Crippen LogP contribution in [0.15, 0.2) is 78.9 Å². The number of hydrogen-bond donors (Lipinski definition) is 2. The van der Waals surface area contributed by atoms with Crippen LogP contribution in [0.3, 0.4) is 0 Å². The topological polar surface area (TPSA) is 57.5 Å². The lowest BCUT2D eigenvalue weighted by Crippen LogP contribution is -2.29. The molecule has 0 radical (unpaired) electrons. The highest BCUT2D eigenvalue weighted by molar-refractivity contribution is 6.02. The summed E-state index contributed by atoms with van der Waals surface area (Å²) in [7, 11) is 4.10. The maximum Gasteiger partial charge on any atom is 0.268 e. The van der Waals surface area contributed by atoms with Gasteiger partial charge in [0.25, 0.3) is 5.91 Å². The Morgan fingerprint density at radius 3 is 2.23 bits per heavy atom. The fourth-order valence-corrected chi connectivity index (χ4v) is 4.56. The third-order valence-electron chi connectivity index (χ3n) is 6.18. The van der Waals surface area contributed by atoms with Gasteiger partial charge >= 0.3 is 0 Å². The van der Waals surface area contributed by atoms with E-state index in [4.69, 9.17) is 0 Å². The Labute approximate surface area is 213 Å². The van der Waals surface area contributed by atoms with Crippen LogP contribution in [-0.2, 0) is 6.54 Å². The van der Waals surface area contributed by atoms with Crippen LogP contribution in [0.25, 0.3) is 10.9 Å². The van der Waals surface area contributed by atoms with Gasteiger partial charge in [0.15, 0.2) is 0 Å². The number of likely N-dealkylation sites (N-methyl/N-ethyl adjacent to an activating group) is 1. The number of benzene rings is 3. The SMILES string of the molecule is CCCNC(=O)c1c(C(c2ccccc2)c2ccc(O)cc2)c2ccccc2n1CCN(C)C.Cl. The van der Waals surface area contributed by atoms with Gasteiger partial charge in [-0.2, -0.15) is 0 Å². The monoisotopic (exact) mass is 491 g/mol. The van der Waals surface area contributed by atoms with Crippen molar-refractivity contribution >= 4 is 29.2 Å². The predicted octanol–water partition coefficient (Wildman–Crippen LogP) is 5.65. The van der Waals surface area contributed by atoms with Gasteiger partial charge in [0.05, 0.1) is 0 Å². The number of hydrogen-bond acceptors (Lipinski definition) is 3. The largest absolute Gasteiger partial charge is 0.508 e. The lowest BCUT2D eigenvalue weighted by molar-refractivity contribution is 0.0943. The molecule has 1 unspecified atom stereocenters. The molecule has 0 aliphatic carbocycles. The van der Waals surface area contributed by atoms with Crippen molar-refractivity contribution < 1.29 is 9.90 Å². The molecule has 1 aromatic heterocycles. The first-order valence-corrected chi connectivity index (χ1v) is 11.9. The Hall–Kier alpha value is -3.28. The van der Waals surface area contributed by atoms with Crippen LogP contribution >= 0.6 is 12.4 Å². The van der Waals surface area contributed by atoms with Crippen molar-refractivity contribution in [3.05, 3.63) is 101 Å². The molecular formula is C29H34ClN3O2. The van der Waals surface area contributed by atoms with E-state index >= 15 is 0 Å². The Bertz CT molecular complexity index is 1250. The summed E-state index contributed by atoms with van der Waals surface area (Å²) in [6, 6.07) is 25.9. The molecule has 0 bridgehead atoms. The second kappa shape index (κ2) is 11.9. The molecule has 6 heteroatoms. The van der Waals surface area contributed by atoms with E-state index in [0.717, 1.165) is 40.6 Å². The van der Waals surface area contributed by atoms with E-state index in [9.17, 15) is 9.90 Å². The van der Waals surface area contributed by atoms with Crippen molar-refractivity contribution in [1.82, 2.24) is 14.8 Å². The number of amides is 1. The zero-order valence-corrected chi connectivity index (χ0v) is 21.4. The summed E-state index contributed by atoms with van der Waals surface area (Å²) in [5, 5.41) is 14.1. The van der Waals surface area contributed by atoms with Crippen LogP contribution in [0.5, 0.6) is 5.75 Å². The van der Waals surface area contributed by atoms with Crippen molar-refractivity contribution in [1.29, 1.82) is 0 Å². The highest BCUT2D eigenvalue weighted by Gasteiger charge is 2.30. The maximum absolute atomic E-state index is 13.7. The third kappa shape index (κ3) is 5.69. The molecule has 1 atom stereocenters. The number of carbonyl (C=O) groups is 1. The van der Waals surface area contributed by atoms with Gasteiger partial charge in [-0.1, -0.05) is 67.6 Å². The van der Waals surface area contributed by atoms with Gasteiger partial charge in [0, 0.05) is 42.0 Å². The van der Waals surface area contributed by atoms with Crippen molar-refractivity contribution in [2.75, 3.05) is 27.2 Å². The lowest BCUT2D eigenvalue weighted by atomic mass is 9.83. The average molecular weight is 492 g/mol. The number of nitrogens with zero attached hydrogens (tertiary/aromatic N) is 2. The number of nitrogens with one attached hydrogen (secondary N) is 1. The van der Waals surface area contributed by atoms with E-state index in [2.05, 4.69) is 46.0 Å². The number of halogens is 1. The van der Waals surface area contributed by atoms with E-state index in [1.807, 2.05) is 56.6 Å². The fourth-order valence-electron chi connectivity index (χ4n) is 4.56. The zero-order valence-electron chi connectivity index (χ0n) is 20.6. The maximum atomic E-state index is 13.7. The molecule has 0 fully saturated rings. The summed E-state index contributed by atoms with van der Waals surface area (Å²) in [5.41, 5.74) is 4.90. The third-order valence-corrected chi connectivity index (χ3v) is 6.18. The Morgan fingerprint density at radius 2 is 1.57 bits per heavy atom. The van der Waals surface area contributed by atoms with Crippen molar-refractivity contribution in [2.45, 2.75) is 25.8 Å². The number of carbonyl (C=O) groups excluding carboxylic acids is 1. The number of para-hydroxylation sites is 1. The van der Waals surface area contributed by atoms with E-state index in [-0.39, 0.29) is 30.0 Å². The van der Waals surface area contributed by atoms with Gasteiger partial charge in [0.1, 0.15) is 11.4 Å². The molecule has 1 heterocycles. The molecule has 1 amide bonds. The summed E-state index contributed by atoms with van der Waals surface area (Å²) in [5.74, 6) is 0.0195. The van der Waals surface area contributed by atoms with Crippen LogP contribution < -0.4 is 5.32 Å². The number of phenols is 1. The molecule has 5 nitrogen and oxygen atoms in total. The molecule has 3 aromatic carbocycles. The predicted molar refractivity (Wildman–Crippen MR) is 146 cm³/mol. The van der Waals surface area contributed by atoms with Crippen LogP contribution in [-0.4, -0.2) is 47.7 Å². The number of phenolic OH excluding ortho intramolecular Hbond substituents is 1. The number of fused-ring (bicyclic) bond motifs is 1. The molecule has 0 spiro atoms. The molecular weight excluding hydrogens is 458 g/mol. The second-order valence-corrected chi connectivity index (χ2v) is 8.93. The number of rotatable bonds is 9. The smallest absolute Gasteiger partial charge is 0.268 e. The summed E-state index contributed by atoms with van der Waals surface area (Å²) in [6.07, 6.45) is 0.874. The highest BCUT2D eigenvalue weighted by atomic mass is 35.5. The average Bonchev–Trinajstić information content (AvgIpc) is 3.17. The quantitative estimate of drug-likeness (QED) is 0.318. The minimum atomic E-state index is -0.158. The highest BCUT2D eigenvalue weighted by Crippen LogP contribution is 2.40. The number of aromatic nitrogens is 1. The van der Waals surface area contributed by atoms with E-state index in [1.165, 1.54) is 0 Å². The molecule has 0 saturated carbocycles. The molecule has 0 saturated heterocycles. The van der Waals surface area contributed by atoms with E-state index < -0.39 is 0 Å². The number of aromatic hydroxyl groups is 1. The zero-order chi connectivity index (χ0) is 24.1. The fraction of sp³-hybridized carbons (Fsp3) is 0.276. The van der Waals surface area contributed by atoms with Crippen LogP contribution in [0, 0.1) is 0 Å². The normalized spacial score (nSPS) is 11.9. The van der Waals surface area contributed by atoms with Gasteiger partial charge in [-0.05, 0) is 49.8 Å². The summed E-state index contributed by atoms with van der Waals surface area (Å²) < 4.78 is 2.17. The van der Waals surface area contributed by atoms with Crippen LogP contribution in [0.1, 0.15) is 46.4 Å². The van der Waals surface area contributed by atoms with Gasteiger partial charge < -0.3 is 19.9 Å². The van der Waals surface area contributed by atoms with E-state index in [0.29, 0.717) is 18.8 Å². The first-order valence-electron chi connectivity index (χ1n) is 11.9. The van der Waals surface area contributed by atoms with Gasteiger partial charge in [-0.15, -0.1) is 12.4 Å². The standard InChI is InChI=1S/C29H33N3O2.ClH/c1-4-18-30-29(34)28-27(24-12-8-9-13-25(24)32(28)20-19-31(2)3)26(21-10-6-5-7-11-21)22-14-16-23(33)17-15-22;/h5-17,26,33H,4,18-20H2,1-3H3,(H,30,34);1H. The second-order valence-electron chi connectivity index (χ2n) is 8.93. The minimum Gasteiger partial charge on any atom is -0.508 e. The molecule has 2 N–H and O–H groups in total. The minimum absolute atomic E-state index is 0. The van der Waals surface area contributed by atoms with E-state index in [1.54, 1.807) is 12.1 Å². The Kier molecular flexibility index (Phi) is 8.96. The first kappa shape index (κ1) is 26.3. The van der Waals surface area contributed by atoms with Crippen LogP contribution in [0.4, 0.5) is 0 Å². The molecule has 4 rings (SSSR count). The Balaban J connectivity index is 0.00000342. The summed E-state index contributed by atoms with van der Waals surface area (Å²) in [4.78, 5) is 15.8. The lowest BCUT2D eigenvalue weighted by Gasteiger charge is -2.21. The summed E-state index contributed by atoms with van der Waals surface area (Å²) >= 11 is 0. The molecule has 4 aromatic rings. The van der Waals surface area contributed by atoms with Gasteiger partial charge in [-0.25, -0.2) is 0 Å². The Morgan fingerprint density at radius 1 is 0.943 bits per heavy atom. The molecule has 35 heavy (non-hydrogen) atoms. The molecule has 0 aliphatic rings. The molecule has 184 valence electrons. The first-order chi connectivity index (χ1) is 16.5. The van der Waals surface area contributed by atoms with Gasteiger partial charge in [-0.3, -0.25) is 4.79 Å². The summed E-state index contributed by atoms with van der Waals surface area (Å²) in [6.45, 7) is 4.22. The van der Waals surface area contributed by atoms with Crippen molar-refractivity contribution in [3.8, 4) is 5.75 Å². The van der Waals surface area contributed by atoms with Crippen LogP contribution in [0.2, 0.25) is 0 Å².